The van der Waals surface area contributed by atoms with Crippen molar-refractivity contribution in [1.82, 2.24) is 10.6 Å². The number of hydrogen-bond acceptors (Lipinski definition) is 6. The van der Waals surface area contributed by atoms with Gasteiger partial charge in [0.1, 0.15) is 0 Å². The number of carbonyl (C=O) groups excluding carboxylic acids is 1. The number of aliphatic imine (C=N–C) groups is 1. The Kier molecular flexibility index (Phi) is 10.9. The lowest BCUT2D eigenvalue weighted by atomic mass is 10.2. The first-order valence-electron chi connectivity index (χ1n) is 9.14. The fourth-order valence-electron chi connectivity index (χ4n) is 2.65. The Bertz CT molecular complexity index is 828. The predicted molar refractivity (Wildman–Crippen MR) is 127 cm³/mol. The third-order valence-electron chi connectivity index (χ3n) is 4.15. The van der Waals surface area contributed by atoms with Crippen molar-refractivity contribution in [1.29, 1.82) is 0 Å². The normalized spacial score (nSPS) is 10.6. The summed E-state index contributed by atoms with van der Waals surface area (Å²) >= 11 is 0. The zero-order valence-electron chi connectivity index (χ0n) is 17.8. The van der Waals surface area contributed by atoms with E-state index in [0.29, 0.717) is 48.5 Å². The fraction of sp³-hybridized carbons (Fsp3) is 0.400. The van der Waals surface area contributed by atoms with Gasteiger partial charge in [-0.25, -0.2) is 0 Å². The molecule has 166 valence electrons. The molecule has 0 unspecified atom stereocenters. The first-order valence-corrected chi connectivity index (χ1v) is 9.14. The second kappa shape index (κ2) is 12.8. The number of benzene rings is 1. The summed E-state index contributed by atoms with van der Waals surface area (Å²) in [6.07, 6.45) is 2.21. The van der Waals surface area contributed by atoms with Crippen LogP contribution in [0.15, 0.2) is 33.9 Å². The van der Waals surface area contributed by atoms with Crippen molar-refractivity contribution in [3.63, 3.8) is 0 Å². The molecule has 0 aliphatic rings. The van der Waals surface area contributed by atoms with Crippen LogP contribution < -0.4 is 30.2 Å². The van der Waals surface area contributed by atoms with Gasteiger partial charge in [-0.2, -0.15) is 0 Å². The first kappa shape index (κ1) is 25.4. The number of amides is 1. The maximum atomic E-state index is 12.0. The average molecular weight is 532 g/mol. The fourth-order valence-corrected chi connectivity index (χ4v) is 2.65. The van der Waals surface area contributed by atoms with Crippen molar-refractivity contribution in [2.24, 2.45) is 4.99 Å². The second-order valence-electron chi connectivity index (χ2n) is 6.08. The molecule has 0 saturated heterocycles. The number of anilines is 1. The number of carbonyl (C=O) groups is 1. The van der Waals surface area contributed by atoms with Crippen LogP contribution in [0.25, 0.3) is 0 Å². The highest BCUT2D eigenvalue weighted by Gasteiger charge is 2.14. The highest BCUT2D eigenvalue weighted by Crippen LogP contribution is 2.39. The molecule has 1 aromatic heterocycles. The van der Waals surface area contributed by atoms with Crippen LogP contribution in [0.4, 0.5) is 5.69 Å². The van der Waals surface area contributed by atoms with Gasteiger partial charge in [-0.05, 0) is 19.4 Å². The zero-order valence-corrected chi connectivity index (χ0v) is 20.2. The van der Waals surface area contributed by atoms with Crippen molar-refractivity contribution in [3.05, 3.63) is 35.8 Å². The summed E-state index contributed by atoms with van der Waals surface area (Å²) in [4.78, 5) is 16.2. The maximum Gasteiger partial charge on any atom is 0.287 e. The highest BCUT2D eigenvalue weighted by atomic mass is 127. The number of methoxy groups -OCH3 is 3. The van der Waals surface area contributed by atoms with Crippen LogP contribution in [0.1, 0.15) is 22.5 Å². The maximum absolute atomic E-state index is 12.0. The SMILES string of the molecule is CN=C(NCCCNC(=O)c1occc1C)Nc1cc(OC)c(OC)c(OC)c1.I. The molecule has 1 aromatic carbocycles. The van der Waals surface area contributed by atoms with Crippen molar-refractivity contribution in [3.8, 4) is 17.2 Å². The van der Waals surface area contributed by atoms with Gasteiger partial charge in [0.15, 0.2) is 23.2 Å². The third kappa shape index (κ3) is 6.71. The number of nitrogens with one attached hydrogen (secondary N) is 3. The quantitative estimate of drug-likeness (QED) is 0.197. The first-order chi connectivity index (χ1) is 14.0. The molecule has 3 N–H and O–H groups in total. The average Bonchev–Trinajstić information content (AvgIpc) is 3.17. The van der Waals surface area contributed by atoms with Gasteiger partial charge in [-0.15, -0.1) is 24.0 Å². The summed E-state index contributed by atoms with van der Waals surface area (Å²) in [7, 11) is 6.36. The van der Waals surface area contributed by atoms with Crippen LogP contribution in [0, 0.1) is 6.92 Å². The largest absolute Gasteiger partial charge is 0.493 e. The minimum atomic E-state index is -0.215. The van der Waals surface area contributed by atoms with Crippen LogP contribution in [0.5, 0.6) is 17.2 Å². The van der Waals surface area contributed by atoms with Crippen molar-refractivity contribution < 1.29 is 23.4 Å². The van der Waals surface area contributed by atoms with Gasteiger partial charge >= 0.3 is 0 Å². The van der Waals surface area contributed by atoms with Gasteiger partial charge in [0.05, 0.1) is 27.6 Å². The molecule has 0 saturated carbocycles. The summed E-state index contributed by atoms with van der Waals surface area (Å²) in [6.45, 7) is 2.95. The van der Waals surface area contributed by atoms with E-state index in [2.05, 4.69) is 20.9 Å². The van der Waals surface area contributed by atoms with E-state index in [0.717, 1.165) is 11.3 Å². The Labute approximate surface area is 193 Å². The molecule has 0 spiro atoms. The van der Waals surface area contributed by atoms with Gasteiger partial charge in [0, 0.05) is 43.5 Å². The molecular formula is C20H29IN4O5. The molecule has 1 heterocycles. The molecule has 9 nitrogen and oxygen atoms in total. The Morgan fingerprint density at radius 1 is 1.07 bits per heavy atom. The number of rotatable bonds is 9. The number of halogens is 1. The third-order valence-corrected chi connectivity index (χ3v) is 4.15. The van der Waals surface area contributed by atoms with Crippen LogP contribution in [-0.4, -0.2) is 53.3 Å². The molecule has 0 bridgehead atoms. The minimum absolute atomic E-state index is 0. The lowest BCUT2D eigenvalue weighted by molar-refractivity contribution is 0.0925. The lowest BCUT2D eigenvalue weighted by Crippen LogP contribution is -2.33. The number of guanidine groups is 1. The Morgan fingerprint density at radius 3 is 2.20 bits per heavy atom. The summed E-state index contributed by atoms with van der Waals surface area (Å²) < 4.78 is 21.2. The molecule has 1 amide bonds. The van der Waals surface area contributed by atoms with E-state index in [1.54, 1.807) is 46.6 Å². The van der Waals surface area contributed by atoms with E-state index in [-0.39, 0.29) is 29.9 Å². The monoisotopic (exact) mass is 532 g/mol. The van der Waals surface area contributed by atoms with E-state index < -0.39 is 0 Å². The number of furan rings is 1. The van der Waals surface area contributed by atoms with Crippen molar-refractivity contribution >= 4 is 41.5 Å². The van der Waals surface area contributed by atoms with Crippen LogP contribution >= 0.6 is 24.0 Å². The van der Waals surface area contributed by atoms with Crippen LogP contribution in [0.2, 0.25) is 0 Å². The number of aryl methyl sites for hydroxylation is 1. The van der Waals surface area contributed by atoms with Gasteiger partial charge in [0.25, 0.3) is 5.91 Å². The van der Waals surface area contributed by atoms with Crippen molar-refractivity contribution in [2.45, 2.75) is 13.3 Å². The molecule has 0 atom stereocenters. The summed E-state index contributed by atoms with van der Waals surface area (Å²) in [5.74, 6) is 2.31. The van der Waals surface area contributed by atoms with Crippen LogP contribution in [-0.2, 0) is 0 Å². The molecule has 30 heavy (non-hydrogen) atoms. The Hall–Kier alpha value is -2.63. The van der Waals surface area contributed by atoms with E-state index in [4.69, 9.17) is 18.6 Å². The van der Waals surface area contributed by atoms with Gasteiger partial charge in [-0.1, -0.05) is 0 Å². The summed E-state index contributed by atoms with van der Waals surface area (Å²) in [6, 6.07) is 5.34. The molecule has 10 heteroatoms. The number of hydrogen-bond donors (Lipinski definition) is 3. The molecule has 0 fully saturated rings. The summed E-state index contributed by atoms with van der Waals surface area (Å²) in [5, 5.41) is 9.20. The molecular weight excluding hydrogens is 503 g/mol. The van der Waals surface area contributed by atoms with Gasteiger partial charge in [0.2, 0.25) is 5.75 Å². The van der Waals surface area contributed by atoms with Crippen LogP contribution in [0.3, 0.4) is 0 Å². The Balaban J connectivity index is 0.00000450. The summed E-state index contributed by atoms with van der Waals surface area (Å²) in [5.41, 5.74) is 1.55. The van der Waals surface area contributed by atoms with E-state index in [1.165, 1.54) is 6.26 Å². The van der Waals surface area contributed by atoms with Gasteiger partial charge in [-0.3, -0.25) is 9.79 Å². The molecule has 2 rings (SSSR count). The molecule has 0 aliphatic carbocycles. The predicted octanol–water partition coefficient (Wildman–Crippen LogP) is 3.04. The minimum Gasteiger partial charge on any atom is -0.493 e. The van der Waals surface area contributed by atoms with E-state index >= 15 is 0 Å². The van der Waals surface area contributed by atoms with E-state index in [1.807, 2.05) is 6.92 Å². The smallest absolute Gasteiger partial charge is 0.287 e. The standard InChI is InChI=1S/C20H28N4O5.HI/c1-13-7-10-29-17(13)19(25)22-8-6-9-23-20(21-2)24-14-11-15(26-3)18(28-5)16(12-14)27-4;/h7,10-12H,6,8-9H2,1-5H3,(H,22,25)(H2,21,23,24);1H. The molecule has 2 aromatic rings. The zero-order chi connectivity index (χ0) is 21.2. The molecule has 0 radical (unpaired) electrons. The Morgan fingerprint density at radius 2 is 1.70 bits per heavy atom. The van der Waals surface area contributed by atoms with E-state index in [9.17, 15) is 4.79 Å². The lowest BCUT2D eigenvalue weighted by Gasteiger charge is -2.16. The number of ether oxygens (including phenoxy) is 3. The number of nitrogens with zero attached hydrogens (tertiary/aromatic N) is 1. The second-order valence-corrected chi connectivity index (χ2v) is 6.08. The van der Waals surface area contributed by atoms with Crippen molar-refractivity contribution in [2.75, 3.05) is 46.8 Å². The highest BCUT2D eigenvalue weighted by molar-refractivity contribution is 14.0. The topological polar surface area (TPSA) is 106 Å². The van der Waals surface area contributed by atoms with Gasteiger partial charge < -0.3 is 34.6 Å². The molecule has 0 aliphatic heterocycles.